The number of rotatable bonds is 8. The molecule has 3 heterocycles. The molecular formula is C27H49N5O7SSi2. The average Bonchev–Trinajstić information content (AvgIpc) is 3.59. The van der Waals surface area contributed by atoms with Gasteiger partial charge in [-0.3, -0.25) is 4.79 Å². The first kappa shape index (κ1) is 33.3. The van der Waals surface area contributed by atoms with E-state index in [9.17, 15) is 13.2 Å². The van der Waals surface area contributed by atoms with Crippen LogP contribution in [0.2, 0.25) is 36.3 Å². The summed E-state index contributed by atoms with van der Waals surface area (Å²) in [5.74, 6) is -0.333. The standard InChI is InChI=1S/C27H49N5O7SSi2/c1-25(2,3)41(7,8)36-16-21-27(20(28)17-40(34,35)39-27)22(38-42(9,10)26(4,5)6)24(37-21)32-19(15-29-31-32)23(33)30-18-13-11-12-14-18/h15,17-18,21-22,24H,11-14,16,28H2,1-10H3,(H,30,33). The van der Waals surface area contributed by atoms with E-state index in [0.29, 0.717) is 0 Å². The van der Waals surface area contributed by atoms with Crippen LogP contribution >= 0.6 is 0 Å². The van der Waals surface area contributed by atoms with E-state index in [1.54, 1.807) is 0 Å². The summed E-state index contributed by atoms with van der Waals surface area (Å²) >= 11 is 0. The summed E-state index contributed by atoms with van der Waals surface area (Å²) < 4.78 is 53.3. The number of hydrogen-bond donors (Lipinski definition) is 2. The summed E-state index contributed by atoms with van der Waals surface area (Å²) in [6.07, 6.45) is 2.21. The van der Waals surface area contributed by atoms with Crippen molar-refractivity contribution in [1.29, 1.82) is 0 Å². The molecule has 1 amide bonds. The number of nitrogens with two attached hydrogens (primary N) is 1. The Labute approximate surface area is 252 Å². The highest BCUT2D eigenvalue weighted by Crippen LogP contribution is 2.52. The summed E-state index contributed by atoms with van der Waals surface area (Å²) in [5, 5.41) is 11.9. The minimum atomic E-state index is -4.16. The van der Waals surface area contributed by atoms with Crippen molar-refractivity contribution in [3.8, 4) is 0 Å². The number of nitrogens with zero attached hydrogens (tertiary/aromatic N) is 3. The molecular weight excluding hydrogens is 595 g/mol. The number of amides is 1. The molecule has 2 aliphatic heterocycles. The van der Waals surface area contributed by atoms with E-state index in [0.717, 1.165) is 31.1 Å². The molecule has 15 heteroatoms. The van der Waals surface area contributed by atoms with Crippen molar-refractivity contribution in [3.05, 3.63) is 23.0 Å². The molecule has 3 aliphatic rings. The maximum Gasteiger partial charge on any atom is 0.292 e. The third kappa shape index (κ3) is 6.15. The molecule has 4 unspecified atom stereocenters. The predicted molar refractivity (Wildman–Crippen MR) is 164 cm³/mol. The van der Waals surface area contributed by atoms with Crippen LogP contribution in [0.1, 0.15) is 83.9 Å². The molecule has 238 valence electrons. The van der Waals surface area contributed by atoms with Gasteiger partial charge in [0.2, 0.25) is 0 Å². The molecule has 1 aromatic heterocycles. The van der Waals surface area contributed by atoms with Crippen LogP contribution in [0, 0.1) is 0 Å². The second-order valence-corrected chi connectivity index (χ2v) is 25.8. The Morgan fingerprint density at radius 3 is 2.24 bits per heavy atom. The highest BCUT2D eigenvalue weighted by atomic mass is 32.2. The van der Waals surface area contributed by atoms with Crippen molar-refractivity contribution in [2.24, 2.45) is 5.73 Å². The first-order valence-corrected chi connectivity index (χ1v) is 22.0. The Kier molecular flexibility index (Phi) is 8.77. The maximum atomic E-state index is 13.4. The van der Waals surface area contributed by atoms with Crippen LogP contribution in [-0.4, -0.2) is 76.4 Å². The van der Waals surface area contributed by atoms with Gasteiger partial charge in [0.15, 0.2) is 28.5 Å². The third-order valence-corrected chi connectivity index (χ3v) is 19.8. The van der Waals surface area contributed by atoms with Crippen LogP contribution in [0.5, 0.6) is 0 Å². The summed E-state index contributed by atoms with van der Waals surface area (Å²) in [6.45, 7) is 20.9. The second kappa shape index (κ2) is 11.1. The second-order valence-electron chi connectivity index (χ2n) is 14.8. The predicted octanol–water partition coefficient (Wildman–Crippen LogP) is 4.16. The number of nitrogens with one attached hydrogen (secondary N) is 1. The Morgan fingerprint density at radius 2 is 1.71 bits per heavy atom. The molecule has 0 radical (unpaired) electrons. The molecule has 0 bridgehead atoms. The molecule has 4 rings (SSSR count). The zero-order valence-corrected chi connectivity index (χ0v) is 29.5. The van der Waals surface area contributed by atoms with Crippen molar-refractivity contribution in [1.82, 2.24) is 20.3 Å². The summed E-state index contributed by atoms with van der Waals surface area (Å²) in [4.78, 5) is 13.4. The molecule has 42 heavy (non-hydrogen) atoms. The molecule has 0 aromatic carbocycles. The van der Waals surface area contributed by atoms with Crippen LogP contribution in [0.3, 0.4) is 0 Å². The largest absolute Gasteiger partial charge is 0.414 e. The fourth-order valence-electron chi connectivity index (χ4n) is 5.11. The van der Waals surface area contributed by atoms with Gasteiger partial charge in [0, 0.05) is 6.04 Å². The van der Waals surface area contributed by atoms with E-state index in [1.807, 2.05) is 0 Å². The van der Waals surface area contributed by atoms with Crippen molar-refractivity contribution in [2.45, 2.75) is 134 Å². The van der Waals surface area contributed by atoms with Gasteiger partial charge >= 0.3 is 0 Å². The third-order valence-electron chi connectivity index (χ3n) is 9.81. The molecule has 1 saturated carbocycles. The minimum Gasteiger partial charge on any atom is -0.414 e. The summed E-state index contributed by atoms with van der Waals surface area (Å²) in [6, 6.07) is 0.0728. The summed E-state index contributed by atoms with van der Waals surface area (Å²) in [7, 11) is -9.09. The highest BCUT2D eigenvalue weighted by Gasteiger charge is 2.67. The topological polar surface area (TPSA) is 157 Å². The summed E-state index contributed by atoms with van der Waals surface area (Å²) in [5.41, 5.74) is 4.97. The van der Waals surface area contributed by atoms with Gasteiger partial charge in [-0.05, 0) is 49.1 Å². The zero-order chi connectivity index (χ0) is 31.5. The Morgan fingerprint density at radius 1 is 1.12 bits per heavy atom. The van der Waals surface area contributed by atoms with Crippen molar-refractivity contribution in [3.63, 3.8) is 0 Å². The van der Waals surface area contributed by atoms with Gasteiger partial charge in [-0.2, -0.15) is 8.42 Å². The van der Waals surface area contributed by atoms with Gasteiger partial charge in [0.1, 0.15) is 17.9 Å². The van der Waals surface area contributed by atoms with Crippen molar-refractivity contribution in [2.75, 3.05) is 6.61 Å². The van der Waals surface area contributed by atoms with Gasteiger partial charge < -0.3 is 24.6 Å². The van der Waals surface area contributed by atoms with E-state index >= 15 is 0 Å². The minimum absolute atomic E-state index is 0.00666. The lowest BCUT2D eigenvalue weighted by Gasteiger charge is -2.43. The van der Waals surface area contributed by atoms with Gasteiger partial charge in [0.25, 0.3) is 16.0 Å². The Hall–Kier alpha value is -1.63. The number of aromatic nitrogens is 3. The molecule has 1 aliphatic carbocycles. The number of carbonyl (C=O) groups excluding carboxylic acids is 1. The van der Waals surface area contributed by atoms with Gasteiger partial charge in [-0.1, -0.05) is 59.6 Å². The lowest BCUT2D eigenvalue weighted by Crippen LogP contribution is -2.59. The molecule has 12 nitrogen and oxygen atoms in total. The van der Waals surface area contributed by atoms with Gasteiger partial charge in [-0.15, -0.1) is 5.10 Å². The molecule has 1 spiro atoms. The van der Waals surface area contributed by atoms with E-state index in [2.05, 4.69) is 83.4 Å². The lowest BCUT2D eigenvalue weighted by atomic mass is 9.89. The number of ether oxygens (including phenoxy) is 1. The smallest absolute Gasteiger partial charge is 0.292 e. The van der Waals surface area contributed by atoms with Crippen molar-refractivity contribution >= 4 is 32.7 Å². The van der Waals surface area contributed by atoms with Crippen LogP contribution in [-0.2, 0) is 27.9 Å². The van der Waals surface area contributed by atoms with E-state index in [4.69, 9.17) is 23.5 Å². The Balaban J connectivity index is 1.81. The van der Waals surface area contributed by atoms with Crippen LogP contribution < -0.4 is 11.1 Å². The monoisotopic (exact) mass is 643 g/mol. The van der Waals surface area contributed by atoms with Gasteiger partial charge in [-0.25, -0.2) is 8.86 Å². The molecule has 2 fully saturated rings. The first-order valence-electron chi connectivity index (χ1n) is 14.7. The molecule has 3 N–H and O–H groups in total. The lowest BCUT2D eigenvalue weighted by molar-refractivity contribution is -0.0601. The molecule has 1 saturated heterocycles. The van der Waals surface area contributed by atoms with Crippen molar-refractivity contribution < 1.29 is 31.0 Å². The van der Waals surface area contributed by atoms with E-state index in [1.165, 1.54) is 10.9 Å². The molecule has 4 atom stereocenters. The average molecular weight is 644 g/mol. The quantitative estimate of drug-likeness (QED) is 0.311. The normalized spacial score (nSPS) is 28.9. The van der Waals surface area contributed by atoms with E-state index in [-0.39, 0.29) is 40.0 Å². The Bertz CT molecular complexity index is 1310. The fraction of sp³-hybridized carbons (Fsp3) is 0.815. The van der Waals surface area contributed by atoms with Crippen LogP contribution in [0.15, 0.2) is 17.3 Å². The van der Waals surface area contributed by atoms with Gasteiger partial charge in [0.05, 0.1) is 23.9 Å². The maximum absolute atomic E-state index is 13.4. The van der Waals surface area contributed by atoms with Crippen LogP contribution in [0.25, 0.3) is 0 Å². The first-order chi connectivity index (χ1) is 19.1. The zero-order valence-electron chi connectivity index (χ0n) is 26.7. The van der Waals surface area contributed by atoms with Crippen LogP contribution in [0.4, 0.5) is 0 Å². The highest BCUT2D eigenvalue weighted by molar-refractivity contribution is 7.90. The number of hydrogen-bond acceptors (Lipinski definition) is 10. The fourth-order valence-corrected chi connectivity index (χ4v) is 8.62. The number of carbonyl (C=O) groups is 1. The molecule has 1 aromatic rings. The SMILES string of the molecule is CC(C)(C)[Si](C)(C)OCC1OC(n2nncc2C(=O)NC2CCCC2)C(O[Si](C)(C)C(C)(C)C)C12OS(=O)(=O)C=C2N. The van der Waals surface area contributed by atoms with E-state index < -0.39 is 50.8 Å².